The van der Waals surface area contributed by atoms with Gasteiger partial charge in [0.05, 0.1) is 11.5 Å². The van der Waals surface area contributed by atoms with Gasteiger partial charge in [0.15, 0.2) is 0 Å². The zero-order valence-electron chi connectivity index (χ0n) is 18.8. The van der Waals surface area contributed by atoms with Crippen LogP contribution in [0.15, 0.2) is 60.7 Å². The topological polar surface area (TPSA) is 95.8 Å². The summed E-state index contributed by atoms with van der Waals surface area (Å²) in [5, 5.41) is 13.9. The maximum atomic E-state index is 14.1. The highest BCUT2D eigenvalue weighted by molar-refractivity contribution is 6.05. The number of hydrogen-bond donors (Lipinski definition) is 1. The molecule has 1 fully saturated rings. The zero-order valence-corrected chi connectivity index (χ0v) is 18.8. The summed E-state index contributed by atoms with van der Waals surface area (Å²) < 4.78 is 27.6. The van der Waals surface area contributed by atoms with Crippen LogP contribution < -0.4 is 10.2 Å². The van der Waals surface area contributed by atoms with Crippen LogP contribution in [0.25, 0.3) is 0 Å². The number of urea groups is 1. The first-order valence-electron chi connectivity index (χ1n) is 10.9. The van der Waals surface area contributed by atoms with Gasteiger partial charge in [-0.05, 0) is 55.8 Å². The van der Waals surface area contributed by atoms with Gasteiger partial charge in [0.25, 0.3) is 11.6 Å². The molecule has 1 aliphatic rings. The molecule has 1 aliphatic heterocycles. The fraction of sp³-hybridized carbons (Fsp3) is 0.200. The third-order valence-corrected chi connectivity index (χ3v) is 5.76. The molecule has 1 N–H and O–H groups in total. The van der Waals surface area contributed by atoms with Crippen LogP contribution in [0, 0.1) is 28.7 Å². The van der Waals surface area contributed by atoms with E-state index >= 15 is 0 Å². The molecule has 0 unspecified atom stereocenters. The Bertz CT molecular complexity index is 1310. The Morgan fingerprint density at radius 2 is 1.89 bits per heavy atom. The van der Waals surface area contributed by atoms with E-state index < -0.39 is 22.5 Å². The molecule has 8 nitrogen and oxygen atoms in total. The summed E-state index contributed by atoms with van der Waals surface area (Å²) >= 11 is 0. The Morgan fingerprint density at radius 3 is 2.66 bits per heavy atom. The van der Waals surface area contributed by atoms with Crippen LogP contribution in [0.1, 0.15) is 27.9 Å². The number of carbonyl (C=O) groups is 2. The number of rotatable bonds is 6. The number of hydrogen-bond acceptors (Lipinski definition) is 4. The molecule has 0 bridgehead atoms. The standard InChI is InChI=1S/C25H22F2N4O4/c1-16-6-7-17(13-23(16)31(34)35)24(32)28-20-4-2-5-21(14-20)30-11-3-10-29(25(30)33)15-18-12-19(26)8-9-22(18)27/h2,4-9,12-14H,3,10-11,15H2,1H3,(H,28,32). The molecule has 4 rings (SSSR count). The van der Waals surface area contributed by atoms with Crippen molar-refractivity contribution in [2.24, 2.45) is 0 Å². The number of nitrogens with zero attached hydrogens (tertiary/aromatic N) is 3. The van der Waals surface area contributed by atoms with Crippen molar-refractivity contribution in [3.05, 3.63) is 99.1 Å². The monoisotopic (exact) mass is 480 g/mol. The smallest absolute Gasteiger partial charge is 0.322 e. The van der Waals surface area contributed by atoms with Crippen LogP contribution in [-0.4, -0.2) is 34.9 Å². The Balaban J connectivity index is 1.50. The molecule has 3 amide bonds. The molecule has 0 spiro atoms. The first-order chi connectivity index (χ1) is 16.7. The van der Waals surface area contributed by atoms with Gasteiger partial charge in [0.1, 0.15) is 11.6 Å². The van der Waals surface area contributed by atoms with Gasteiger partial charge >= 0.3 is 6.03 Å². The van der Waals surface area contributed by atoms with Crippen LogP contribution >= 0.6 is 0 Å². The first-order valence-corrected chi connectivity index (χ1v) is 10.9. The fourth-order valence-corrected chi connectivity index (χ4v) is 3.94. The molecule has 0 radical (unpaired) electrons. The summed E-state index contributed by atoms with van der Waals surface area (Å²) in [4.78, 5) is 39.4. The van der Waals surface area contributed by atoms with Gasteiger partial charge in [-0.3, -0.25) is 19.8 Å². The summed E-state index contributed by atoms with van der Waals surface area (Å²) in [6, 6.07) is 13.6. The molecule has 180 valence electrons. The third kappa shape index (κ3) is 5.26. The molecule has 3 aromatic carbocycles. The lowest BCUT2D eigenvalue weighted by molar-refractivity contribution is -0.385. The average Bonchev–Trinajstić information content (AvgIpc) is 2.83. The zero-order chi connectivity index (χ0) is 25.1. The molecule has 0 aliphatic carbocycles. The lowest BCUT2D eigenvalue weighted by Gasteiger charge is -2.36. The summed E-state index contributed by atoms with van der Waals surface area (Å²) in [7, 11) is 0. The number of benzene rings is 3. The number of aryl methyl sites for hydroxylation is 1. The van der Waals surface area contributed by atoms with E-state index in [1.807, 2.05) is 0 Å². The van der Waals surface area contributed by atoms with Gasteiger partial charge in [-0.25, -0.2) is 13.6 Å². The number of halogens is 2. The molecule has 35 heavy (non-hydrogen) atoms. The van der Waals surface area contributed by atoms with Gasteiger partial charge < -0.3 is 10.2 Å². The van der Waals surface area contributed by atoms with E-state index in [-0.39, 0.29) is 29.4 Å². The van der Waals surface area contributed by atoms with E-state index in [4.69, 9.17) is 0 Å². The van der Waals surface area contributed by atoms with Crippen molar-refractivity contribution in [1.29, 1.82) is 0 Å². The molecule has 0 aromatic heterocycles. The average molecular weight is 480 g/mol. The second kappa shape index (κ2) is 9.88. The number of carbonyl (C=O) groups excluding carboxylic acids is 2. The molecule has 1 heterocycles. The van der Waals surface area contributed by atoms with E-state index in [1.54, 1.807) is 31.2 Å². The lowest BCUT2D eigenvalue weighted by atomic mass is 10.1. The van der Waals surface area contributed by atoms with Crippen molar-refractivity contribution in [2.75, 3.05) is 23.3 Å². The Hall–Kier alpha value is -4.34. The largest absolute Gasteiger partial charge is 0.324 e. The third-order valence-electron chi connectivity index (χ3n) is 5.76. The summed E-state index contributed by atoms with van der Waals surface area (Å²) in [5.41, 5.74) is 1.43. The summed E-state index contributed by atoms with van der Waals surface area (Å²) in [6.45, 7) is 2.34. The van der Waals surface area contributed by atoms with Crippen molar-refractivity contribution in [2.45, 2.75) is 19.9 Å². The molecular weight excluding hydrogens is 458 g/mol. The second-order valence-electron chi connectivity index (χ2n) is 8.21. The number of nitrogens with one attached hydrogen (secondary N) is 1. The molecule has 3 aromatic rings. The van der Waals surface area contributed by atoms with Gasteiger partial charge in [0.2, 0.25) is 0 Å². The van der Waals surface area contributed by atoms with Crippen LogP contribution in [0.2, 0.25) is 0 Å². The van der Waals surface area contributed by atoms with E-state index in [1.165, 1.54) is 28.0 Å². The maximum Gasteiger partial charge on any atom is 0.324 e. The summed E-state index contributed by atoms with van der Waals surface area (Å²) in [6.07, 6.45) is 0.617. The molecule has 1 saturated heterocycles. The SMILES string of the molecule is Cc1ccc(C(=O)Nc2cccc(N3CCCN(Cc4cc(F)ccc4F)C3=O)c2)cc1[N+](=O)[O-]. The highest BCUT2D eigenvalue weighted by atomic mass is 19.1. The normalized spacial score (nSPS) is 13.6. The first kappa shape index (κ1) is 23.8. The van der Waals surface area contributed by atoms with E-state index in [0.717, 1.165) is 18.2 Å². The quantitative estimate of drug-likeness (QED) is 0.384. The van der Waals surface area contributed by atoms with E-state index in [2.05, 4.69) is 5.32 Å². The van der Waals surface area contributed by atoms with Crippen molar-refractivity contribution in [3.8, 4) is 0 Å². The van der Waals surface area contributed by atoms with Crippen molar-refractivity contribution >= 4 is 29.0 Å². The minimum atomic E-state index is -0.586. The highest BCUT2D eigenvalue weighted by Gasteiger charge is 2.28. The molecule has 0 atom stereocenters. The van der Waals surface area contributed by atoms with E-state index in [9.17, 15) is 28.5 Å². The number of anilines is 2. The van der Waals surface area contributed by atoms with Gasteiger partial charge in [0, 0.05) is 47.2 Å². The predicted octanol–water partition coefficient (Wildman–Crippen LogP) is 5.27. The van der Waals surface area contributed by atoms with Crippen molar-refractivity contribution in [3.63, 3.8) is 0 Å². The Morgan fingerprint density at radius 1 is 1.09 bits per heavy atom. The minimum absolute atomic E-state index is 0.0679. The Kier molecular flexibility index (Phi) is 6.72. The molecule has 10 heteroatoms. The van der Waals surface area contributed by atoms with Gasteiger partial charge in [-0.2, -0.15) is 0 Å². The highest BCUT2D eigenvalue weighted by Crippen LogP contribution is 2.26. The van der Waals surface area contributed by atoms with Crippen molar-refractivity contribution < 1.29 is 23.3 Å². The summed E-state index contributed by atoms with van der Waals surface area (Å²) in [5.74, 6) is -1.69. The fourth-order valence-electron chi connectivity index (χ4n) is 3.94. The predicted molar refractivity (Wildman–Crippen MR) is 126 cm³/mol. The van der Waals surface area contributed by atoms with Crippen LogP contribution in [-0.2, 0) is 6.54 Å². The van der Waals surface area contributed by atoms with E-state index in [0.29, 0.717) is 36.4 Å². The molecule has 0 saturated carbocycles. The number of amides is 3. The second-order valence-corrected chi connectivity index (χ2v) is 8.21. The molecular formula is C25H22F2N4O4. The Labute approximate surface area is 199 Å². The van der Waals surface area contributed by atoms with Crippen molar-refractivity contribution in [1.82, 2.24) is 4.90 Å². The maximum absolute atomic E-state index is 14.1. The van der Waals surface area contributed by atoms with Gasteiger partial charge in [-0.1, -0.05) is 12.1 Å². The minimum Gasteiger partial charge on any atom is -0.322 e. The van der Waals surface area contributed by atoms with Crippen LogP contribution in [0.4, 0.5) is 30.6 Å². The van der Waals surface area contributed by atoms with Crippen LogP contribution in [0.5, 0.6) is 0 Å². The lowest BCUT2D eigenvalue weighted by Crippen LogP contribution is -2.49. The van der Waals surface area contributed by atoms with Gasteiger partial charge in [-0.15, -0.1) is 0 Å². The van der Waals surface area contributed by atoms with Crippen LogP contribution in [0.3, 0.4) is 0 Å². The number of nitro benzene ring substituents is 1. The number of nitro groups is 1.